The molecule has 4 N–H and O–H groups in total. The number of carbonyl (C=O) groups is 2. The van der Waals surface area contributed by atoms with Crippen LogP contribution in [0.15, 0.2) is 17.1 Å². The molecule has 0 radical (unpaired) electrons. The number of likely N-dealkylation sites (tertiary alicyclic amines) is 1. The molecular weight excluding hydrogens is 332 g/mol. The minimum absolute atomic E-state index is 0. The van der Waals surface area contributed by atoms with Crippen LogP contribution < -0.4 is 16.5 Å². The van der Waals surface area contributed by atoms with Crippen LogP contribution in [-0.2, 0) is 4.79 Å². The second kappa shape index (κ2) is 8.30. The van der Waals surface area contributed by atoms with Crippen LogP contribution in [0.25, 0.3) is 0 Å². The number of nitrogens with two attached hydrogens (primary N) is 1. The van der Waals surface area contributed by atoms with E-state index in [1.807, 2.05) is 4.90 Å². The lowest BCUT2D eigenvalue weighted by molar-refractivity contribution is -0.118. The molecule has 0 spiro atoms. The third-order valence-electron chi connectivity index (χ3n) is 4.29. The van der Waals surface area contributed by atoms with Crippen LogP contribution in [-0.4, -0.2) is 47.4 Å². The molecule has 2 amide bonds. The Morgan fingerprint density at radius 1 is 1.42 bits per heavy atom. The summed E-state index contributed by atoms with van der Waals surface area (Å²) in [5, 5.41) is 2.94. The number of rotatable bonds is 5. The molecule has 0 aliphatic carbocycles. The molecule has 1 saturated heterocycles. The van der Waals surface area contributed by atoms with Crippen LogP contribution >= 0.6 is 12.4 Å². The Balaban J connectivity index is 0.00000288. The first-order valence-electron chi connectivity index (χ1n) is 7.78. The quantitative estimate of drug-likeness (QED) is 0.704. The molecular formula is C16H25ClN4O3. The highest BCUT2D eigenvalue weighted by atomic mass is 35.5. The summed E-state index contributed by atoms with van der Waals surface area (Å²) < 4.78 is 0. The van der Waals surface area contributed by atoms with E-state index in [2.05, 4.69) is 24.1 Å². The van der Waals surface area contributed by atoms with Crippen molar-refractivity contribution in [2.75, 3.05) is 19.6 Å². The van der Waals surface area contributed by atoms with Crippen molar-refractivity contribution in [3.63, 3.8) is 0 Å². The van der Waals surface area contributed by atoms with Crippen molar-refractivity contribution in [3.05, 3.63) is 33.7 Å². The first-order valence-corrected chi connectivity index (χ1v) is 7.78. The zero-order valence-electron chi connectivity index (χ0n) is 14.2. The number of aryl methyl sites for hydroxylation is 1. The molecule has 2 atom stereocenters. The van der Waals surface area contributed by atoms with Crippen molar-refractivity contribution in [1.29, 1.82) is 0 Å². The van der Waals surface area contributed by atoms with Crippen LogP contribution in [0.1, 0.15) is 29.9 Å². The van der Waals surface area contributed by atoms with Gasteiger partial charge in [-0.15, -0.1) is 12.4 Å². The van der Waals surface area contributed by atoms with E-state index in [0.717, 1.165) is 0 Å². The van der Waals surface area contributed by atoms with Gasteiger partial charge in [0.05, 0.1) is 6.54 Å². The molecule has 1 aliphatic rings. The van der Waals surface area contributed by atoms with Crippen LogP contribution in [0.3, 0.4) is 0 Å². The van der Waals surface area contributed by atoms with Crippen LogP contribution in [0.4, 0.5) is 0 Å². The van der Waals surface area contributed by atoms with Crippen molar-refractivity contribution >= 4 is 24.2 Å². The summed E-state index contributed by atoms with van der Waals surface area (Å²) in [7, 11) is 0. The van der Waals surface area contributed by atoms with Gasteiger partial charge in [-0.25, -0.2) is 0 Å². The first-order chi connectivity index (χ1) is 10.8. The number of aromatic nitrogens is 1. The number of hydrogen-bond acceptors (Lipinski definition) is 4. The lowest BCUT2D eigenvalue weighted by Gasteiger charge is -2.22. The van der Waals surface area contributed by atoms with E-state index in [9.17, 15) is 14.4 Å². The molecule has 0 saturated carbocycles. The fourth-order valence-electron chi connectivity index (χ4n) is 3.09. The number of primary amides is 1. The fourth-order valence-corrected chi connectivity index (χ4v) is 3.09. The van der Waals surface area contributed by atoms with Gasteiger partial charge in [0.1, 0.15) is 5.56 Å². The number of H-pyrrole nitrogens is 1. The Morgan fingerprint density at radius 3 is 2.62 bits per heavy atom. The molecule has 0 unspecified atom stereocenters. The van der Waals surface area contributed by atoms with Crippen molar-refractivity contribution < 1.29 is 9.59 Å². The molecule has 1 aromatic heterocycles. The molecule has 2 heterocycles. The van der Waals surface area contributed by atoms with Crippen molar-refractivity contribution in [2.45, 2.75) is 26.8 Å². The highest BCUT2D eigenvalue weighted by molar-refractivity contribution is 5.94. The molecule has 24 heavy (non-hydrogen) atoms. The number of amides is 2. The Kier molecular flexibility index (Phi) is 6.98. The van der Waals surface area contributed by atoms with E-state index in [0.29, 0.717) is 24.7 Å². The number of halogens is 1. The van der Waals surface area contributed by atoms with Gasteiger partial charge in [0, 0.05) is 37.1 Å². The van der Waals surface area contributed by atoms with Crippen LogP contribution in [0.2, 0.25) is 0 Å². The Labute approximate surface area is 147 Å². The number of nitrogens with zero attached hydrogens (tertiary/aromatic N) is 1. The molecule has 134 valence electrons. The standard InChI is InChI=1S/C16H24N4O3.ClH/c1-9(2)12-6-20(8-15(17)22)7-13(12)19-16(23)11-5-18-10(3)4-14(11)21;/h4-5,9,12-13H,6-8H2,1-3H3,(H2,17,22)(H,18,21)(H,19,23);1H/t12-,13+;/m1./s1. The highest BCUT2D eigenvalue weighted by Gasteiger charge is 2.36. The zero-order chi connectivity index (χ0) is 17.1. The first kappa shape index (κ1) is 20.2. The second-order valence-corrected chi connectivity index (χ2v) is 6.54. The maximum Gasteiger partial charge on any atom is 0.257 e. The maximum atomic E-state index is 12.4. The Bertz CT molecular complexity index is 659. The van der Waals surface area contributed by atoms with Gasteiger partial charge in [0.2, 0.25) is 5.91 Å². The third kappa shape index (κ3) is 4.82. The molecule has 1 aliphatic heterocycles. The van der Waals surface area contributed by atoms with Crippen LogP contribution in [0.5, 0.6) is 0 Å². The summed E-state index contributed by atoms with van der Waals surface area (Å²) in [4.78, 5) is 40.2. The number of carbonyl (C=O) groups excluding carboxylic acids is 2. The summed E-state index contributed by atoms with van der Waals surface area (Å²) in [6.07, 6.45) is 1.44. The van der Waals surface area contributed by atoms with E-state index in [4.69, 9.17) is 5.73 Å². The average molecular weight is 357 g/mol. The number of aromatic amines is 1. The SMILES string of the molecule is Cc1cc(=O)c(C(=O)N[C@H]2CN(CC(N)=O)C[C@@H]2C(C)C)c[nH]1.Cl. The van der Waals surface area contributed by atoms with E-state index < -0.39 is 0 Å². The Morgan fingerprint density at radius 2 is 2.08 bits per heavy atom. The topological polar surface area (TPSA) is 108 Å². The fraction of sp³-hybridized carbons (Fsp3) is 0.562. The summed E-state index contributed by atoms with van der Waals surface area (Å²) in [5.41, 5.74) is 5.76. The van der Waals surface area contributed by atoms with Gasteiger partial charge in [0.25, 0.3) is 5.91 Å². The van der Waals surface area contributed by atoms with E-state index in [-0.39, 0.29) is 53.7 Å². The molecule has 7 nitrogen and oxygen atoms in total. The van der Waals surface area contributed by atoms with Gasteiger partial charge in [-0.05, 0) is 18.8 Å². The van der Waals surface area contributed by atoms with Gasteiger partial charge >= 0.3 is 0 Å². The predicted octanol–water partition coefficient (Wildman–Crippen LogP) is 0.277. The number of nitrogens with one attached hydrogen (secondary N) is 2. The summed E-state index contributed by atoms with van der Waals surface area (Å²) in [6, 6.07) is 1.30. The van der Waals surface area contributed by atoms with Gasteiger partial charge in [-0.2, -0.15) is 0 Å². The second-order valence-electron chi connectivity index (χ2n) is 6.54. The maximum absolute atomic E-state index is 12.4. The average Bonchev–Trinajstić information content (AvgIpc) is 2.80. The van der Waals surface area contributed by atoms with Crippen molar-refractivity contribution in [1.82, 2.24) is 15.2 Å². The monoisotopic (exact) mass is 356 g/mol. The normalized spacial score (nSPS) is 20.7. The number of hydrogen-bond donors (Lipinski definition) is 3. The van der Waals surface area contributed by atoms with E-state index >= 15 is 0 Å². The molecule has 1 fully saturated rings. The Hall–Kier alpha value is -1.86. The third-order valence-corrected chi connectivity index (χ3v) is 4.29. The van der Waals surface area contributed by atoms with Crippen molar-refractivity contribution in [2.24, 2.45) is 17.6 Å². The van der Waals surface area contributed by atoms with Crippen molar-refractivity contribution in [3.8, 4) is 0 Å². The van der Waals surface area contributed by atoms with E-state index in [1.54, 1.807) is 6.92 Å². The summed E-state index contributed by atoms with van der Waals surface area (Å²) in [5.74, 6) is -0.213. The minimum atomic E-state index is -0.386. The molecule has 8 heteroatoms. The number of pyridine rings is 1. The molecule has 0 bridgehead atoms. The van der Waals surface area contributed by atoms with E-state index in [1.165, 1.54) is 12.3 Å². The lowest BCUT2D eigenvalue weighted by atomic mass is 9.91. The van der Waals surface area contributed by atoms with Gasteiger partial charge in [-0.3, -0.25) is 19.3 Å². The molecule has 1 aromatic rings. The summed E-state index contributed by atoms with van der Waals surface area (Å²) >= 11 is 0. The lowest BCUT2D eigenvalue weighted by Crippen LogP contribution is -2.43. The van der Waals surface area contributed by atoms with Gasteiger partial charge in [-0.1, -0.05) is 13.8 Å². The van der Waals surface area contributed by atoms with Crippen LogP contribution in [0, 0.1) is 18.8 Å². The highest BCUT2D eigenvalue weighted by Crippen LogP contribution is 2.24. The predicted molar refractivity (Wildman–Crippen MR) is 94.3 cm³/mol. The van der Waals surface area contributed by atoms with Gasteiger partial charge < -0.3 is 16.0 Å². The van der Waals surface area contributed by atoms with Gasteiger partial charge in [0.15, 0.2) is 5.43 Å². The smallest absolute Gasteiger partial charge is 0.257 e. The largest absolute Gasteiger partial charge is 0.369 e. The zero-order valence-corrected chi connectivity index (χ0v) is 15.0. The molecule has 2 rings (SSSR count). The molecule has 0 aromatic carbocycles. The minimum Gasteiger partial charge on any atom is -0.369 e. The summed E-state index contributed by atoms with van der Waals surface area (Å²) in [6.45, 7) is 7.36.